The summed E-state index contributed by atoms with van der Waals surface area (Å²) in [6.45, 7) is 0.128. The zero-order valence-corrected chi connectivity index (χ0v) is 7.64. The van der Waals surface area contributed by atoms with Crippen LogP contribution in [-0.4, -0.2) is 22.9 Å². The lowest BCUT2D eigenvalue weighted by Crippen LogP contribution is -2.27. The Balaban J connectivity index is 2.73. The first-order chi connectivity index (χ1) is 6.76. The normalized spacial score (nSPS) is 11.4. The van der Waals surface area contributed by atoms with Gasteiger partial charge in [0.25, 0.3) is 0 Å². The van der Waals surface area contributed by atoms with Crippen molar-refractivity contribution in [3.63, 3.8) is 0 Å². The molecule has 0 unspecified atom stereocenters. The molecule has 0 saturated carbocycles. The van der Waals surface area contributed by atoms with Crippen molar-refractivity contribution in [1.82, 2.24) is 5.48 Å². The van der Waals surface area contributed by atoms with Crippen LogP contribution >= 0.6 is 0 Å². The van der Waals surface area contributed by atoms with Crippen LogP contribution in [0, 0.1) is 0 Å². The SMILES string of the molecule is NC(=Nc1ccc(CCO)cc1)NO. The second kappa shape index (κ2) is 5.21. The summed E-state index contributed by atoms with van der Waals surface area (Å²) >= 11 is 0. The van der Waals surface area contributed by atoms with Crippen LogP contribution in [0.1, 0.15) is 5.56 Å². The van der Waals surface area contributed by atoms with Gasteiger partial charge in [-0.2, -0.15) is 0 Å². The summed E-state index contributed by atoms with van der Waals surface area (Å²) in [5.74, 6) is -0.0556. The van der Waals surface area contributed by atoms with Gasteiger partial charge in [0, 0.05) is 6.61 Å². The highest BCUT2D eigenvalue weighted by atomic mass is 16.5. The van der Waals surface area contributed by atoms with Crippen LogP contribution in [0.2, 0.25) is 0 Å². The third-order valence-corrected chi connectivity index (χ3v) is 1.70. The Bertz CT molecular complexity index is 308. The van der Waals surface area contributed by atoms with Gasteiger partial charge in [0.2, 0.25) is 5.96 Å². The summed E-state index contributed by atoms with van der Waals surface area (Å²) in [4.78, 5) is 3.85. The average Bonchev–Trinajstić information content (AvgIpc) is 2.21. The molecule has 0 aliphatic rings. The summed E-state index contributed by atoms with van der Waals surface area (Å²) in [6.07, 6.45) is 0.623. The predicted molar refractivity (Wildman–Crippen MR) is 53.4 cm³/mol. The summed E-state index contributed by atoms with van der Waals surface area (Å²) in [5, 5.41) is 17.1. The number of nitrogens with one attached hydrogen (secondary N) is 1. The molecule has 1 rings (SSSR count). The standard InChI is InChI=1S/C9H13N3O2/c10-9(12-14)11-8-3-1-7(2-4-8)5-6-13/h1-4,13-14H,5-6H2,(H3,10,11,12). The number of aliphatic hydroxyl groups excluding tert-OH is 1. The molecule has 0 atom stereocenters. The number of rotatable bonds is 3. The Labute approximate surface area is 81.9 Å². The zero-order chi connectivity index (χ0) is 10.4. The second-order valence-corrected chi connectivity index (χ2v) is 2.75. The van der Waals surface area contributed by atoms with Crippen LogP contribution in [0.25, 0.3) is 0 Å². The lowest BCUT2D eigenvalue weighted by atomic mass is 10.1. The van der Waals surface area contributed by atoms with Crippen LogP contribution in [0.4, 0.5) is 5.69 Å². The Morgan fingerprint density at radius 2 is 2.00 bits per heavy atom. The Morgan fingerprint density at radius 1 is 1.36 bits per heavy atom. The Kier molecular flexibility index (Phi) is 3.90. The van der Waals surface area contributed by atoms with E-state index in [2.05, 4.69) is 4.99 Å². The minimum atomic E-state index is -0.0556. The van der Waals surface area contributed by atoms with E-state index in [0.29, 0.717) is 12.1 Å². The maximum absolute atomic E-state index is 8.68. The molecule has 0 heterocycles. The Hall–Kier alpha value is -1.59. The number of guanidine groups is 1. The molecule has 0 aromatic heterocycles. The fraction of sp³-hybridized carbons (Fsp3) is 0.222. The monoisotopic (exact) mass is 195 g/mol. The molecule has 0 spiro atoms. The molecule has 0 bridgehead atoms. The number of aliphatic imine (C=N–C) groups is 1. The summed E-state index contributed by atoms with van der Waals surface area (Å²) < 4.78 is 0. The lowest BCUT2D eigenvalue weighted by molar-refractivity contribution is 0.233. The quantitative estimate of drug-likeness (QED) is 0.314. The van der Waals surface area contributed by atoms with Crippen LogP contribution in [-0.2, 0) is 6.42 Å². The van der Waals surface area contributed by atoms with Gasteiger partial charge < -0.3 is 10.8 Å². The van der Waals surface area contributed by atoms with Crippen LogP contribution in [0.5, 0.6) is 0 Å². The Morgan fingerprint density at radius 3 is 2.50 bits per heavy atom. The smallest absolute Gasteiger partial charge is 0.218 e. The van der Waals surface area contributed by atoms with E-state index in [1.54, 1.807) is 17.6 Å². The minimum Gasteiger partial charge on any atom is -0.396 e. The van der Waals surface area contributed by atoms with Crippen LogP contribution < -0.4 is 11.2 Å². The highest BCUT2D eigenvalue weighted by molar-refractivity contribution is 5.79. The molecule has 1 aromatic rings. The number of hydrogen-bond acceptors (Lipinski definition) is 3. The predicted octanol–water partition coefficient (Wildman–Crippen LogP) is 0.146. The van der Waals surface area contributed by atoms with E-state index in [4.69, 9.17) is 16.0 Å². The first-order valence-electron chi connectivity index (χ1n) is 4.20. The van der Waals surface area contributed by atoms with E-state index >= 15 is 0 Å². The van der Waals surface area contributed by atoms with Crippen molar-refractivity contribution in [1.29, 1.82) is 0 Å². The van der Waals surface area contributed by atoms with Crippen molar-refractivity contribution in [2.24, 2.45) is 10.7 Å². The molecular weight excluding hydrogens is 182 g/mol. The molecule has 0 aliphatic carbocycles. The maximum Gasteiger partial charge on any atom is 0.218 e. The molecule has 0 radical (unpaired) electrons. The van der Waals surface area contributed by atoms with Gasteiger partial charge in [0.05, 0.1) is 5.69 Å². The first-order valence-corrected chi connectivity index (χ1v) is 4.20. The molecule has 5 heteroatoms. The molecular formula is C9H13N3O2. The number of hydrogen-bond donors (Lipinski definition) is 4. The summed E-state index contributed by atoms with van der Waals surface area (Å²) in [6, 6.07) is 7.21. The molecule has 1 aromatic carbocycles. The van der Waals surface area contributed by atoms with Crippen molar-refractivity contribution in [2.45, 2.75) is 6.42 Å². The fourth-order valence-electron chi connectivity index (χ4n) is 1.03. The highest BCUT2D eigenvalue weighted by Gasteiger charge is 1.93. The van der Waals surface area contributed by atoms with Gasteiger partial charge in [-0.15, -0.1) is 0 Å². The third-order valence-electron chi connectivity index (χ3n) is 1.70. The minimum absolute atomic E-state index is 0.0556. The number of hydroxylamine groups is 1. The second-order valence-electron chi connectivity index (χ2n) is 2.75. The summed E-state index contributed by atoms with van der Waals surface area (Å²) in [5.41, 5.74) is 8.67. The topological polar surface area (TPSA) is 90.9 Å². The van der Waals surface area contributed by atoms with E-state index < -0.39 is 0 Å². The van der Waals surface area contributed by atoms with Crippen molar-refractivity contribution >= 4 is 11.6 Å². The number of aliphatic hydroxyl groups is 1. The van der Waals surface area contributed by atoms with Gasteiger partial charge in [0.1, 0.15) is 0 Å². The molecule has 5 N–H and O–H groups in total. The van der Waals surface area contributed by atoms with Gasteiger partial charge >= 0.3 is 0 Å². The van der Waals surface area contributed by atoms with Crippen molar-refractivity contribution < 1.29 is 10.3 Å². The molecule has 0 fully saturated rings. The lowest BCUT2D eigenvalue weighted by Gasteiger charge is -2.00. The number of nitrogens with zero attached hydrogens (tertiary/aromatic N) is 1. The molecule has 0 aliphatic heterocycles. The van der Waals surface area contributed by atoms with Crippen LogP contribution in [0.15, 0.2) is 29.3 Å². The van der Waals surface area contributed by atoms with Crippen molar-refractivity contribution in [3.8, 4) is 0 Å². The molecule has 14 heavy (non-hydrogen) atoms. The number of benzene rings is 1. The third kappa shape index (κ3) is 3.04. The van der Waals surface area contributed by atoms with E-state index in [1.165, 1.54) is 0 Å². The van der Waals surface area contributed by atoms with Gasteiger partial charge in [-0.25, -0.2) is 10.5 Å². The van der Waals surface area contributed by atoms with Gasteiger partial charge in [-0.1, -0.05) is 12.1 Å². The van der Waals surface area contributed by atoms with E-state index in [-0.39, 0.29) is 12.6 Å². The molecule has 5 nitrogen and oxygen atoms in total. The van der Waals surface area contributed by atoms with Gasteiger partial charge in [-0.3, -0.25) is 5.21 Å². The summed E-state index contributed by atoms with van der Waals surface area (Å²) in [7, 11) is 0. The van der Waals surface area contributed by atoms with Crippen LogP contribution in [0.3, 0.4) is 0 Å². The van der Waals surface area contributed by atoms with Crippen molar-refractivity contribution in [2.75, 3.05) is 6.61 Å². The average molecular weight is 195 g/mol. The van der Waals surface area contributed by atoms with Crippen molar-refractivity contribution in [3.05, 3.63) is 29.8 Å². The molecule has 0 saturated heterocycles. The maximum atomic E-state index is 8.68. The van der Waals surface area contributed by atoms with Gasteiger partial charge in [0.15, 0.2) is 0 Å². The fourth-order valence-corrected chi connectivity index (χ4v) is 1.03. The van der Waals surface area contributed by atoms with E-state index in [9.17, 15) is 0 Å². The molecule has 0 amide bonds. The van der Waals surface area contributed by atoms with E-state index in [1.807, 2.05) is 12.1 Å². The largest absolute Gasteiger partial charge is 0.396 e. The van der Waals surface area contributed by atoms with E-state index in [0.717, 1.165) is 5.56 Å². The first kappa shape index (κ1) is 10.5. The van der Waals surface area contributed by atoms with Gasteiger partial charge in [-0.05, 0) is 24.1 Å². The zero-order valence-electron chi connectivity index (χ0n) is 7.64. The highest BCUT2D eigenvalue weighted by Crippen LogP contribution is 2.12. The number of nitrogens with two attached hydrogens (primary N) is 1. The molecule has 76 valence electrons.